The Morgan fingerprint density at radius 3 is 2.23 bits per heavy atom. The van der Waals surface area contributed by atoms with Crippen molar-refractivity contribution in [2.75, 3.05) is 6.54 Å². The van der Waals surface area contributed by atoms with Crippen LogP contribution in [0, 0.1) is 0 Å². The van der Waals surface area contributed by atoms with Gasteiger partial charge in [0.25, 0.3) is 5.91 Å². The number of aromatic carboxylic acids is 1. The molecule has 2 rings (SSSR count). The van der Waals surface area contributed by atoms with Crippen LogP contribution in [0.25, 0.3) is 0 Å². The smallest absolute Gasteiger partial charge is 0.336 e. The largest absolute Gasteiger partial charge is 0.478 e. The average Bonchev–Trinajstić information content (AvgIpc) is 3.10. The van der Waals surface area contributed by atoms with Crippen LogP contribution in [0.5, 0.6) is 0 Å². The molecule has 2 N–H and O–H groups in total. The summed E-state index contributed by atoms with van der Waals surface area (Å²) in [5.41, 5.74) is -1.27. The second-order valence-electron chi connectivity index (χ2n) is 6.72. The molecule has 1 aromatic carbocycles. The molecule has 0 aliphatic carbocycles. The van der Waals surface area contributed by atoms with Gasteiger partial charge >= 0.3 is 5.97 Å². The van der Waals surface area contributed by atoms with Crippen molar-refractivity contribution in [1.82, 2.24) is 10.2 Å². The van der Waals surface area contributed by atoms with Gasteiger partial charge in [0.05, 0.1) is 17.7 Å². The molecule has 1 unspecified atom stereocenters. The number of nitrogens with zero attached hydrogens (tertiary/aromatic N) is 1. The summed E-state index contributed by atoms with van der Waals surface area (Å²) in [6.45, 7) is 7.55. The normalized spacial score (nSPS) is 20.5. The van der Waals surface area contributed by atoms with E-state index in [1.54, 1.807) is 19.1 Å². The topological polar surface area (TPSA) is 86.5 Å². The predicted molar refractivity (Wildman–Crippen MR) is 80.7 cm³/mol. The summed E-state index contributed by atoms with van der Waals surface area (Å²) in [5, 5.41) is 12.0. The zero-order valence-corrected chi connectivity index (χ0v) is 13.1. The number of nitrogens with one attached hydrogen (secondary N) is 1. The van der Waals surface area contributed by atoms with Crippen molar-refractivity contribution in [2.45, 2.75) is 38.8 Å². The van der Waals surface area contributed by atoms with Crippen molar-refractivity contribution >= 4 is 17.8 Å². The van der Waals surface area contributed by atoms with Gasteiger partial charge in [-0.1, -0.05) is 12.1 Å². The lowest BCUT2D eigenvalue weighted by atomic mass is 10.0. The summed E-state index contributed by atoms with van der Waals surface area (Å²) in [5.74, 6) is -1.84. The SMILES string of the molecule is CC(C)(C)NC(=O)C1(C)CN1C(=O)c1ccccc1C(=O)O. The highest BCUT2D eigenvalue weighted by Crippen LogP contribution is 2.35. The predicted octanol–water partition coefficient (Wildman–Crippen LogP) is 1.51. The van der Waals surface area contributed by atoms with Crippen molar-refractivity contribution < 1.29 is 19.5 Å². The Balaban J connectivity index is 2.20. The van der Waals surface area contributed by atoms with Crippen LogP contribution in [0.3, 0.4) is 0 Å². The number of hydrogen-bond donors (Lipinski definition) is 2. The summed E-state index contributed by atoms with van der Waals surface area (Å²) in [6, 6.07) is 6.02. The highest BCUT2D eigenvalue weighted by atomic mass is 16.4. The Hall–Kier alpha value is -2.37. The van der Waals surface area contributed by atoms with Gasteiger partial charge < -0.3 is 15.3 Å². The lowest BCUT2D eigenvalue weighted by molar-refractivity contribution is -0.125. The third-order valence-corrected chi connectivity index (χ3v) is 3.57. The summed E-state index contributed by atoms with van der Waals surface area (Å²) in [6.07, 6.45) is 0. The van der Waals surface area contributed by atoms with Crippen LogP contribution in [0.2, 0.25) is 0 Å². The third-order valence-electron chi connectivity index (χ3n) is 3.57. The molecule has 0 saturated carbocycles. The molecule has 118 valence electrons. The van der Waals surface area contributed by atoms with Gasteiger partial charge in [-0.2, -0.15) is 0 Å². The molecule has 0 spiro atoms. The Kier molecular flexibility index (Phi) is 3.73. The van der Waals surface area contributed by atoms with Crippen LogP contribution < -0.4 is 5.32 Å². The van der Waals surface area contributed by atoms with Crippen molar-refractivity contribution in [3.05, 3.63) is 35.4 Å². The van der Waals surface area contributed by atoms with Gasteiger partial charge in [-0.25, -0.2) is 4.79 Å². The van der Waals surface area contributed by atoms with Crippen LogP contribution >= 0.6 is 0 Å². The first kappa shape index (κ1) is 16.0. The van der Waals surface area contributed by atoms with Crippen LogP contribution in [-0.4, -0.2) is 45.4 Å². The van der Waals surface area contributed by atoms with Crippen LogP contribution in [0.4, 0.5) is 0 Å². The molecule has 1 saturated heterocycles. The van der Waals surface area contributed by atoms with Gasteiger partial charge in [0.15, 0.2) is 0 Å². The number of carbonyl (C=O) groups excluding carboxylic acids is 2. The molecule has 6 nitrogen and oxygen atoms in total. The van der Waals surface area contributed by atoms with Gasteiger partial charge in [-0.3, -0.25) is 9.59 Å². The van der Waals surface area contributed by atoms with Gasteiger partial charge in [-0.05, 0) is 39.8 Å². The van der Waals surface area contributed by atoms with E-state index in [-0.39, 0.29) is 23.6 Å². The van der Waals surface area contributed by atoms with E-state index in [4.69, 9.17) is 5.11 Å². The fourth-order valence-corrected chi connectivity index (χ4v) is 2.24. The molecular formula is C16H20N2O4. The first-order chi connectivity index (χ1) is 10.1. The van der Waals surface area contributed by atoms with Crippen LogP contribution in [-0.2, 0) is 4.79 Å². The number of carboxylic acids is 1. The van der Waals surface area contributed by atoms with Crippen molar-refractivity contribution in [2.24, 2.45) is 0 Å². The standard InChI is InChI=1S/C16H20N2O4/c1-15(2,3)17-14(22)16(4)9-18(16)12(19)10-7-5-6-8-11(10)13(20)21/h5-8H,9H2,1-4H3,(H,17,22)(H,20,21). The second-order valence-corrected chi connectivity index (χ2v) is 6.72. The highest BCUT2D eigenvalue weighted by Gasteiger charge is 2.57. The summed E-state index contributed by atoms with van der Waals surface area (Å²) in [4.78, 5) is 37.4. The van der Waals surface area contributed by atoms with E-state index >= 15 is 0 Å². The molecule has 1 aromatic rings. The molecular weight excluding hydrogens is 284 g/mol. The van der Waals surface area contributed by atoms with Crippen LogP contribution in [0.1, 0.15) is 48.4 Å². The maximum atomic E-state index is 12.5. The molecule has 0 aromatic heterocycles. The minimum absolute atomic E-state index is 0.0574. The van der Waals surface area contributed by atoms with Crippen LogP contribution in [0.15, 0.2) is 24.3 Å². The molecule has 1 atom stereocenters. The maximum absolute atomic E-state index is 12.5. The Bertz CT molecular complexity index is 648. The van der Waals surface area contributed by atoms with E-state index in [9.17, 15) is 14.4 Å². The van der Waals surface area contributed by atoms with Crippen molar-refractivity contribution in [3.63, 3.8) is 0 Å². The number of rotatable bonds is 3. The van der Waals surface area contributed by atoms with Gasteiger partial charge in [0, 0.05) is 5.54 Å². The minimum Gasteiger partial charge on any atom is -0.478 e. The van der Waals surface area contributed by atoms with E-state index in [0.717, 1.165) is 0 Å². The van der Waals surface area contributed by atoms with Crippen molar-refractivity contribution in [1.29, 1.82) is 0 Å². The number of hydrogen-bond acceptors (Lipinski definition) is 3. The zero-order chi connectivity index (χ0) is 16.7. The Morgan fingerprint density at radius 2 is 1.73 bits per heavy atom. The first-order valence-corrected chi connectivity index (χ1v) is 7.03. The Labute approximate surface area is 129 Å². The lowest BCUT2D eigenvalue weighted by Crippen LogP contribution is -2.48. The van der Waals surface area contributed by atoms with E-state index in [0.29, 0.717) is 0 Å². The first-order valence-electron chi connectivity index (χ1n) is 7.03. The van der Waals surface area contributed by atoms with E-state index in [1.165, 1.54) is 17.0 Å². The number of carbonyl (C=O) groups is 3. The molecule has 6 heteroatoms. The van der Waals surface area contributed by atoms with E-state index < -0.39 is 23.0 Å². The van der Waals surface area contributed by atoms with Gasteiger partial charge in [0.2, 0.25) is 5.91 Å². The van der Waals surface area contributed by atoms with E-state index in [1.807, 2.05) is 20.8 Å². The highest BCUT2D eigenvalue weighted by molar-refractivity contribution is 6.08. The average molecular weight is 304 g/mol. The molecule has 1 fully saturated rings. The lowest BCUT2D eigenvalue weighted by Gasteiger charge is -2.23. The Morgan fingerprint density at radius 1 is 1.18 bits per heavy atom. The fourth-order valence-electron chi connectivity index (χ4n) is 2.24. The summed E-state index contributed by atoms with van der Waals surface area (Å²) < 4.78 is 0. The van der Waals surface area contributed by atoms with Crippen molar-refractivity contribution in [3.8, 4) is 0 Å². The second kappa shape index (κ2) is 5.12. The fraction of sp³-hybridized carbons (Fsp3) is 0.438. The minimum atomic E-state index is -1.16. The third kappa shape index (κ3) is 2.95. The number of amides is 2. The molecule has 0 bridgehead atoms. The molecule has 1 aliphatic rings. The van der Waals surface area contributed by atoms with Gasteiger partial charge in [-0.15, -0.1) is 0 Å². The van der Waals surface area contributed by atoms with Gasteiger partial charge in [0.1, 0.15) is 5.54 Å². The molecule has 22 heavy (non-hydrogen) atoms. The monoisotopic (exact) mass is 304 g/mol. The molecule has 1 heterocycles. The number of benzene rings is 1. The quantitative estimate of drug-likeness (QED) is 0.829. The zero-order valence-electron chi connectivity index (χ0n) is 13.1. The summed E-state index contributed by atoms with van der Waals surface area (Å²) in [7, 11) is 0. The number of carboxylic acid groups (broad SMARTS) is 1. The molecule has 1 aliphatic heterocycles. The summed E-state index contributed by atoms with van der Waals surface area (Å²) >= 11 is 0. The molecule has 2 amide bonds. The molecule has 0 radical (unpaired) electrons. The van der Waals surface area contributed by atoms with E-state index in [2.05, 4.69) is 5.32 Å². The maximum Gasteiger partial charge on any atom is 0.336 e.